The van der Waals surface area contributed by atoms with E-state index in [0.29, 0.717) is 11.8 Å². The van der Waals surface area contributed by atoms with Crippen LogP contribution < -0.4 is 0 Å². The zero-order valence-electron chi connectivity index (χ0n) is 15.2. The lowest BCUT2D eigenvalue weighted by molar-refractivity contribution is -0.553. The summed E-state index contributed by atoms with van der Waals surface area (Å²) in [4.78, 5) is 16.6. The molecule has 0 N–H and O–H groups in total. The van der Waals surface area contributed by atoms with Gasteiger partial charge in [-0.15, -0.1) is 11.3 Å². The molecular formula is C19H25NO4S. The molecule has 6 rings (SSSR count). The third-order valence-electron chi connectivity index (χ3n) is 6.64. The number of rotatable bonds is 1. The van der Waals surface area contributed by atoms with Crippen LogP contribution in [0.25, 0.3) is 5.76 Å². The lowest BCUT2D eigenvalue weighted by Gasteiger charge is -2.57. The highest BCUT2D eigenvalue weighted by Crippen LogP contribution is 2.60. The van der Waals surface area contributed by atoms with Crippen molar-refractivity contribution in [1.29, 1.82) is 0 Å². The second-order valence-corrected chi connectivity index (χ2v) is 9.14. The van der Waals surface area contributed by atoms with Crippen LogP contribution in [0, 0.1) is 24.7 Å². The normalized spacial score (nSPS) is 45.8. The lowest BCUT2D eigenvalue weighted by Crippen LogP contribution is -2.66. The minimum Gasteiger partial charge on any atom is -0.458 e. The zero-order chi connectivity index (χ0) is 17.4. The number of fused-ring (bicyclic) bond motifs is 2. The Morgan fingerprint density at radius 1 is 1.20 bits per heavy atom. The molecule has 6 atom stereocenters. The third-order valence-corrected chi connectivity index (χ3v) is 7.60. The molecule has 2 bridgehead atoms. The van der Waals surface area contributed by atoms with E-state index in [-0.39, 0.29) is 5.92 Å². The highest BCUT2D eigenvalue weighted by Gasteiger charge is 2.68. The Balaban J connectivity index is 1.66. The lowest BCUT2D eigenvalue weighted by atomic mass is 9.59. The first-order chi connectivity index (χ1) is 11.9. The van der Waals surface area contributed by atoms with E-state index in [1.807, 2.05) is 13.8 Å². The fourth-order valence-electron chi connectivity index (χ4n) is 5.29. The Labute approximate surface area is 152 Å². The second-order valence-electron chi connectivity index (χ2n) is 8.28. The summed E-state index contributed by atoms with van der Waals surface area (Å²) in [5.41, 5.74) is 1.71. The highest BCUT2D eigenvalue weighted by atomic mass is 32.1. The number of nitrogens with zero attached hydrogens (tertiary/aromatic N) is 1. The van der Waals surface area contributed by atoms with Gasteiger partial charge in [-0.05, 0) is 51.5 Å². The van der Waals surface area contributed by atoms with Gasteiger partial charge in [0.2, 0.25) is 12.1 Å². The molecule has 1 spiro atoms. The number of aryl methyl sites for hydroxylation is 1. The number of ether oxygens (including phenoxy) is 2. The molecule has 4 aliphatic heterocycles. The largest absolute Gasteiger partial charge is 0.458 e. The van der Waals surface area contributed by atoms with Gasteiger partial charge < -0.3 is 9.47 Å². The predicted molar refractivity (Wildman–Crippen MR) is 93.3 cm³/mol. The molecule has 5 aliphatic rings. The van der Waals surface area contributed by atoms with Crippen molar-refractivity contribution >= 4 is 17.1 Å². The van der Waals surface area contributed by atoms with Gasteiger partial charge in [0.05, 0.1) is 0 Å². The van der Waals surface area contributed by atoms with Gasteiger partial charge >= 0.3 is 0 Å². The summed E-state index contributed by atoms with van der Waals surface area (Å²) in [5, 5.41) is 3.01. The summed E-state index contributed by atoms with van der Waals surface area (Å²) in [5.74, 6) is 1.36. The van der Waals surface area contributed by atoms with Crippen molar-refractivity contribution in [3.8, 4) is 0 Å². The Kier molecular flexibility index (Phi) is 3.43. The first kappa shape index (κ1) is 16.2. The molecule has 1 saturated carbocycles. The number of thiazole rings is 1. The number of aromatic nitrogens is 1. The van der Waals surface area contributed by atoms with Gasteiger partial charge in [-0.25, -0.2) is 14.8 Å². The quantitative estimate of drug-likeness (QED) is 0.691. The Morgan fingerprint density at radius 2 is 2.04 bits per heavy atom. The van der Waals surface area contributed by atoms with Crippen molar-refractivity contribution in [1.82, 2.24) is 4.98 Å². The Hall–Kier alpha value is -0.950. The topological polar surface area (TPSA) is 49.8 Å². The van der Waals surface area contributed by atoms with Crippen LogP contribution >= 0.6 is 11.3 Å². The van der Waals surface area contributed by atoms with Crippen molar-refractivity contribution < 1.29 is 19.2 Å². The maximum Gasteiger partial charge on any atom is 0.236 e. The van der Waals surface area contributed by atoms with E-state index in [0.717, 1.165) is 35.7 Å². The molecule has 1 aromatic heterocycles. The van der Waals surface area contributed by atoms with E-state index in [4.69, 9.17) is 19.2 Å². The van der Waals surface area contributed by atoms with Crippen molar-refractivity contribution in [2.45, 2.75) is 71.1 Å². The van der Waals surface area contributed by atoms with Gasteiger partial charge in [0, 0.05) is 29.3 Å². The summed E-state index contributed by atoms with van der Waals surface area (Å²) < 4.78 is 12.8. The molecule has 5 heterocycles. The van der Waals surface area contributed by atoms with Crippen LogP contribution in [0.15, 0.2) is 11.0 Å². The molecule has 4 fully saturated rings. The van der Waals surface area contributed by atoms with Crippen molar-refractivity contribution in [3.63, 3.8) is 0 Å². The summed E-state index contributed by atoms with van der Waals surface area (Å²) in [6.07, 6.45) is 3.72. The second kappa shape index (κ2) is 5.28. The molecule has 0 amide bonds. The highest BCUT2D eigenvalue weighted by molar-refractivity contribution is 7.10. The molecular weight excluding hydrogens is 338 g/mol. The van der Waals surface area contributed by atoms with Crippen LogP contribution in [-0.2, 0) is 19.2 Å². The smallest absolute Gasteiger partial charge is 0.236 e. The first-order valence-corrected chi connectivity index (χ1v) is 10.2. The van der Waals surface area contributed by atoms with E-state index in [1.54, 1.807) is 11.3 Å². The summed E-state index contributed by atoms with van der Waals surface area (Å²) >= 11 is 1.63. The van der Waals surface area contributed by atoms with Crippen molar-refractivity contribution in [2.24, 2.45) is 17.8 Å². The minimum absolute atomic E-state index is 0.245. The molecule has 1 aromatic rings. The average Bonchev–Trinajstić information content (AvgIpc) is 2.88. The van der Waals surface area contributed by atoms with Crippen LogP contribution in [0.3, 0.4) is 0 Å². The average molecular weight is 363 g/mol. The molecule has 0 radical (unpaired) electrons. The molecule has 0 aromatic carbocycles. The minimum atomic E-state index is -0.729. The van der Waals surface area contributed by atoms with Crippen LogP contribution in [0.2, 0.25) is 0 Å². The fourth-order valence-corrected chi connectivity index (χ4v) is 6.14. The molecule has 3 saturated heterocycles. The summed E-state index contributed by atoms with van der Waals surface area (Å²) in [6, 6.07) is 0. The molecule has 25 heavy (non-hydrogen) atoms. The molecule has 5 nitrogen and oxygen atoms in total. The first-order valence-electron chi connectivity index (χ1n) is 9.27. The van der Waals surface area contributed by atoms with Crippen LogP contribution in [0.4, 0.5) is 0 Å². The zero-order valence-corrected chi connectivity index (χ0v) is 16.0. The van der Waals surface area contributed by atoms with Crippen molar-refractivity contribution in [2.75, 3.05) is 0 Å². The fraction of sp³-hybridized carbons (Fsp3) is 0.737. The molecule has 0 unspecified atom stereocenters. The van der Waals surface area contributed by atoms with Gasteiger partial charge in [-0.2, -0.15) is 0 Å². The van der Waals surface area contributed by atoms with Crippen LogP contribution in [-0.4, -0.2) is 22.7 Å². The van der Waals surface area contributed by atoms with E-state index in [9.17, 15) is 0 Å². The van der Waals surface area contributed by atoms with Gasteiger partial charge in [0.15, 0.2) is 16.4 Å². The van der Waals surface area contributed by atoms with Gasteiger partial charge in [-0.3, -0.25) is 0 Å². The van der Waals surface area contributed by atoms with Gasteiger partial charge in [0.25, 0.3) is 0 Å². The Morgan fingerprint density at radius 3 is 2.80 bits per heavy atom. The van der Waals surface area contributed by atoms with E-state index in [1.165, 1.54) is 12.0 Å². The van der Waals surface area contributed by atoms with E-state index in [2.05, 4.69) is 24.2 Å². The van der Waals surface area contributed by atoms with Gasteiger partial charge in [0.1, 0.15) is 0 Å². The van der Waals surface area contributed by atoms with Crippen molar-refractivity contribution in [3.05, 3.63) is 21.7 Å². The summed E-state index contributed by atoms with van der Waals surface area (Å²) in [6.45, 7) is 8.46. The monoisotopic (exact) mass is 363 g/mol. The maximum absolute atomic E-state index is 6.46. The number of hydrogen-bond acceptors (Lipinski definition) is 6. The third kappa shape index (κ3) is 2.14. The van der Waals surface area contributed by atoms with Crippen LogP contribution in [0.5, 0.6) is 0 Å². The van der Waals surface area contributed by atoms with E-state index < -0.39 is 17.7 Å². The molecule has 1 aliphatic carbocycles. The Bertz CT molecular complexity index is 746. The number of hydrogen-bond donors (Lipinski definition) is 0. The standard InChI is InChI=1S/C19H25NO4S/c1-10-5-6-14-12(3)15(16-20-11(2)9-25-16)21-17-19(14)13(10)7-8-18(4,22-17)23-24-19/h9-10,13-14,17H,5-8H2,1-4H3/t10-,13+,14+,17-,18+,19-/m1/s1. The SMILES string of the molecule is CC1=C(c2nc(C)cs2)O[C@@H]2O[C@]3(C)CC[C@H]4[C@H](C)CC[C@@H]1[C@@]24OO3. The maximum atomic E-state index is 6.46. The van der Waals surface area contributed by atoms with Crippen LogP contribution in [0.1, 0.15) is 57.2 Å². The van der Waals surface area contributed by atoms with Gasteiger partial charge in [-0.1, -0.05) is 6.92 Å². The predicted octanol–water partition coefficient (Wildman–Crippen LogP) is 4.43. The summed E-state index contributed by atoms with van der Waals surface area (Å²) in [7, 11) is 0. The molecule has 136 valence electrons. The van der Waals surface area contributed by atoms with E-state index >= 15 is 0 Å². The molecule has 6 heteroatoms.